The highest BCUT2D eigenvalue weighted by Crippen LogP contribution is 2.44. The van der Waals surface area contributed by atoms with Crippen LogP contribution in [0.3, 0.4) is 0 Å². The number of carbonyl (C=O) groups is 3. The molecule has 1 unspecified atom stereocenters. The summed E-state index contributed by atoms with van der Waals surface area (Å²) < 4.78 is 10.9. The number of nitrogens with zero attached hydrogens (tertiary/aromatic N) is 2. The number of ketones is 1. The fourth-order valence-corrected chi connectivity index (χ4v) is 4.89. The molecule has 8 nitrogen and oxygen atoms in total. The number of esters is 1. The van der Waals surface area contributed by atoms with E-state index >= 15 is 0 Å². The van der Waals surface area contributed by atoms with Crippen LogP contribution in [0.15, 0.2) is 40.3 Å². The SMILES string of the molecule is CCOC(=O)c1sc(N2C(=O)C(=O)C(=C(O)c3cc(C)ccc3C)C2c2ccc(C)o2)nc1C. The van der Waals surface area contributed by atoms with Crippen LogP contribution in [0, 0.1) is 27.7 Å². The van der Waals surface area contributed by atoms with Gasteiger partial charge in [0, 0.05) is 5.56 Å². The van der Waals surface area contributed by atoms with Gasteiger partial charge in [-0.15, -0.1) is 0 Å². The summed E-state index contributed by atoms with van der Waals surface area (Å²) in [7, 11) is 0. The summed E-state index contributed by atoms with van der Waals surface area (Å²) in [6.07, 6.45) is 0. The molecule has 1 aromatic carbocycles. The predicted octanol–water partition coefficient (Wildman–Crippen LogP) is 4.77. The van der Waals surface area contributed by atoms with Crippen molar-refractivity contribution in [1.82, 2.24) is 4.98 Å². The number of amides is 1. The van der Waals surface area contributed by atoms with Gasteiger partial charge in [-0.3, -0.25) is 14.5 Å². The van der Waals surface area contributed by atoms with Crippen LogP contribution in [-0.2, 0) is 14.3 Å². The van der Waals surface area contributed by atoms with Gasteiger partial charge in [0.15, 0.2) is 5.13 Å². The Morgan fingerprint density at radius 2 is 1.91 bits per heavy atom. The first-order chi connectivity index (χ1) is 16.1. The number of Topliss-reactive ketones (excluding diaryl/α,β-unsaturated/α-hetero) is 1. The van der Waals surface area contributed by atoms with Gasteiger partial charge in [-0.25, -0.2) is 9.78 Å². The van der Waals surface area contributed by atoms with Crippen LogP contribution in [0.5, 0.6) is 0 Å². The lowest BCUT2D eigenvalue weighted by Crippen LogP contribution is -2.29. The maximum Gasteiger partial charge on any atom is 0.350 e. The molecule has 0 radical (unpaired) electrons. The van der Waals surface area contributed by atoms with E-state index in [4.69, 9.17) is 9.15 Å². The van der Waals surface area contributed by atoms with Crippen LogP contribution in [0.4, 0.5) is 5.13 Å². The molecule has 0 bridgehead atoms. The molecule has 1 aliphatic heterocycles. The van der Waals surface area contributed by atoms with Crippen molar-refractivity contribution in [3.63, 3.8) is 0 Å². The molecule has 1 N–H and O–H groups in total. The van der Waals surface area contributed by atoms with Crippen molar-refractivity contribution in [3.05, 3.63) is 74.7 Å². The molecule has 4 rings (SSSR count). The summed E-state index contributed by atoms with van der Waals surface area (Å²) in [5.74, 6) is -1.69. The molecule has 1 saturated heterocycles. The lowest BCUT2D eigenvalue weighted by molar-refractivity contribution is -0.132. The highest BCUT2D eigenvalue weighted by molar-refractivity contribution is 7.17. The second kappa shape index (κ2) is 8.90. The number of aromatic nitrogens is 1. The molecule has 3 heterocycles. The van der Waals surface area contributed by atoms with Gasteiger partial charge in [0.05, 0.1) is 17.9 Å². The summed E-state index contributed by atoms with van der Waals surface area (Å²) in [4.78, 5) is 44.6. The van der Waals surface area contributed by atoms with Crippen molar-refractivity contribution < 1.29 is 28.6 Å². The van der Waals surface area contributed by atoms with E-state index in [9.17, 15) is 19.5 Å². The zero-order chi connectivity index (χ0) is 24.7. The number of hydrogen-bond donors (Lipinski definition) is 1. The van der Waals surface area contributed by atoms with E-state index in [1.807, 2.05) is 26.0 Å². The van der Waals surface area contributed by atoms with Gasteiger partial charge < -0.3 is 14.3 Å². The van der Waals surface area contributed by atoms with E-state index in [2.05, 4.69) is 4.98 Å². The minimum atomic E-state index is -1.05. The molecule has 0 spiro atoms. The standard InChI is InChI=1S/C25H24N2O6S/c1-6-32-24(31)22-15(5)26-25(34-22)27-19(17-10-9-14(4)33-17)18(21(29)23(27)30)20(28)16-11-12(2)7-8-13(16)3/h7-11,19,28H,6H2,1-5H3. The average molecular weight is 481 g/mol. The number of benzene rings is 1. The molecule has 176 valence electrons. The monoisotopic (exact) mass is 480 g/mol. The van der Waals surface area contributed by atoms with Gasteiger partial charge in [-0.05, 0) is 58.4 Å². The number of thiazole rings is 1. The van der Waals surface area contributed by atoms with E-state index in [1.165, 1.54) is 4.90 Å². The highest BCUT2D eigenvalue weighted by Gasteiger charge is 2.50. The van der Waals surface area contributed by atoms with Crippen LogP contribution in [0.25, 0.3) is 5.76 Å². The summed E-state index contributed by atoms with van der Waals surface area (Å²) in [5, 5.41) is 11.4. The second-order valence-corrected chi connectivity index (χ2v) is 9.04. The largest absolute Gasteiger partial charge is 0.507 e. The molecule has 2 aromatic heterocycles. The van der Waals surface area contributed by atoms with E-state index in [1.54, 1.807) is 39.0 Å². The Kier molecular flexibility index (Phi) is 6.14. The summed E-state index contributed by atoms with van der Waals surface area (Å²) in [6, 6.07) is 7.81. The average Bonchev–Trinajstić information content (AvgIpc) is 3.46. The number of carbonyl (C=O) groups excluding carboxylic acids is 3. The van der Waals surface area contributed by atoms with Crippen molar-refractivity contribution in [2.75, 3.05) is 11.5 Å². The van der Waals surface area contributed by atoms with Crippen LogP contribution in [-0.4, -0.2) is 34.4 Å². The third-order valence-corrected chi connectivity index (χ3v) is 6.71. The second-order valence-electron chi connectivity index (χ2n) is 8.07. The molecule has 1 aliphatic rings. The topological polar surface area (TPSA) is 110 Å². The van der Waals surface area contributed by atoms with Gasteiger partial charge in [-0.2, -0.15) is 0 Å². The van der Waals surface area contributed by atoms with Gasteiger partial charge in [0.25, 0.3) is 5.78 Å². The zero-order valence-electron chi connectivity index (χ0n) is 19.5. The smallest absolute Gasteiger partial charge is 0.350 e. The Morgan fingerprint density at radius 3 is 2.56 bits per heavy atom. The number of anilines is 1. The summed E-state index contributed by atoms with van der Waals surface area (Å²) in [6.45, 7) is 8.94. The number of rotatable bonds is 5. The zero-order valence-corrected chi connectivity index (χ0v) is 20.3. The number of aryl methyl sites for hydroxylation is 4. The summed E-state index contributed by atoms with van der Waals surface area (Å²) in [5.41, 5.74) is 2.37. The fourth-order valence-electron chi connectivity index (χ4n) is 3.91. The number of aliphatic hydroxyl groups excluding tert-OH is 1. The van der Waals surface area contributed by atoms with Gasteiger partial charge in [0.2, 0.25) is 0 Å². The Hall–Kier alpha value is -3.72. The van der Waals surface area contributed by atoms with Gasteiger partial charge in [-0.1, -0.05) is 29.0 Å². The number of ether oxygens (including phenoxy) is 1. The van der Waals surface area contributed by atoms with E-state index in [0.29, 0.717) is 22.8 Å². The third-order valence-electron chi connectivity index (χ3n) is 5.58. The van der Waals surface area contributed by atoms with Crippen LogP contribution in [0.1, 0.15) is 56.5 Å². The number of furan rings is 1. The van der Waals surface area contributed by atoms with Crippen molar-refractivity contribution in [2.45, 2.75) is 40.7 Å². The molecular weight excluding hydrogens is 456 g/mol. The van der Waals surface area contributed by atoms with E-state index < -0.39 is 23.7 Å². The minimum Gasteiger partial charge on any atom is -0.507 e. The maximum atomic E-state index is 13.3. The summed E-state index contributed by atoms with van der Waals surface area (Å²) >= 11 is 0.952. The van der Waals surface area contributed by atoms with Crippen LogP contribution < -0.4 is 4.90 Å². The third kappa shape index (κ3) is 3.92. The predicted molar refractivity (Wildman–Crippen MR) is 127 cm³/mol. The lowest BCUT2D eigenvalue weighted by atomic mass is 9.96. The molecule has 1 atom stereocenters. The Balaban J connectivity index is 1.93. The van der Waals surface area contributed by atoms with E-state index in [0.717, 1.165) is 22.5 Å². The molecule has 1 amide bonds. The Labute approximate surface area is 200 Å². The maximum absolute atomic E-state index is 13.3. The Bertz CT molecular complexity index is 1350. The first-order valence-corrected chi connectivity index (χ1v) is 11.5. The number of aliphatic hydroxyl groups is 1. The lowest BCUT2D eigenvalue weighted by Gasteiger charge is -2.21. The molecule has 0 aliphatic carbocycles. The first-order valence-electron chi connectivity index (χ1n) is 10.7. The molecule has 9 heteroatoms. The number of hydrogen-bond acceptors (Lipinski definition) is 8. The quantitative estimate of drug-likeness (QED) is 0.242. The first kappa shape index (κ1) is 23.4. The van der Waals surface area contributed by atoms with Crippen molar-refractivity contribution >= 4 is 39.9 Å². The molecule has 0 saturated carbocycles. The van der Waals surface area contributed by atoms with E-state index in [-0.39, 0.29) is 27.9 Å². The van der Waals surface area contributed by atoms with Crippen molar-refractivity contribution in [2.24, 2.45) is 0 Å². The molecule has 34 heavy (non-hydrogen) atoms. The van der Waals surface area contributed by atoms with Crippen LogP contribution >= 0.6 is 11.3 Å². The molecule has 3 aromatic rings. The normalized spacial score (nSPS) is 17.4. The molecule has 1 fully saturated rings. The van der Waals surface area contributed by atoms with Gasteiger partial charge in [0.1, 0.15) is 28.2 Å². The van der Waals surface area contributed by atoms with Crippen molar-refractivity contribution in [1.29, 1.82) is 0 Å². The highest BCUT2D eigenvalue weighted by atomic mass is 32.1. The van der Waals surface area contributed by atoms with Crippen molar-refractivity contribution in [3.8, 4) is 0 Å². The van der Waals surface area contributed by atoms with Gasteiger partial charge >= 0.3 is 11.9 Å². The molecular formula is C25H24N2O6S. The van der Waals surface area contributed by atoms with Crippen LogP contribution in [0.2, 0.25) is 0 Å². The Morgan fingerprint density at radius 1 is 1.18 bits per heavy atom. The fraction of sp³-hybridized carbons (Fsp3) is 0.280. The minimum absolute atomic E-state index is 0.0985.